The number of amides is 1. The van der Waals surface area contributed by atoms with Crippen LogP contribution in [0.4, 0.5) is 13.9 Å². The molecule has 3 aromatic rings. The van der Waals surface area contributed by atoms with Gasteiger partial charge in [-0.2, -0.15) is 0 Å². The molecule has 0 spiro atoms. The molecule has 1 saturated heterocycles. The molecule has 1 unspecified atom stereocenters. The molecule has 2 fully saturated rings. The van der Waals surface area contributed by atoms with Gasteiger partial charge in [0.15, 0.2) is 26.6 Å². The van der Waals surface area contributed by atoms with Gasteiger partial charge in [-0.05, 0) is 44.0 Å². The Kier molecular flexibility index (Phi) is 5.16. The van der Waals surface area contributed by atoms with Gasteiger partial charge in [0.1, 0.15) is 0 Å². The molecule has 2 heterocycles. The maximum atomic E-state index is 14.1. The molecule has 0 bridgehead atoms. The molecule has 2 aliphatic rings. The Morgan fingerprint density at radius 1 is 1.12 bits per heavy atom. The van der Waals surface area contributed by atoms with E-state index in [1.807, 2.05) is 11.8 Å². The van der Waals surface area contributed by atoms with Crippen LogP contribution in [0.2, 0.25) is 0 Å². The third-order valence-corrected chi connectivity index (χ3v) is 9.43. The van der Waals surface area contributed by atoms with E-state index in [-0.39, 0.29) is 27.1 Å². The first-order chi connectivity index (χ1) is 15.3. The first-order valence-electron chi connectivity index (χ1n) is 10.4. The van der Waals surface area contributed by atoms with Crippen molar-refractivity contribution in [2.75, 3.05) is 24.5 Å². The van der Waals surface area contributed by atoms with Crippen molar-refractivity contribution in [3.63, 3.8) is 0 Å². The molecular weight excluding hydrogens is 456 g/mol. The highest BCUT2D eigenvalue weighted by Crippen LogP contribution is 2.36. The lowest BCUT2D eigenvalue weighted by Crippen LogP contribution is -2.54. The van der Waals surface area contributed by atoms with Crippen molar-refractivity contribution in [3.05, 3.63) is 53.6 Å². The van der Waals surface area contributed by atoms with Crippen LogP contribution < -0.4 is 4.90 Å². The zero-order chi connectivity index (χ0) is 22.6. The molecule has 1 aliphatic heterocycles. The number of piperazine rings is 1. The summed E-state index contributed by atoms with van der Waals surface area (Å²) < 4.78 is 53.4. The van der Waals surface area contributed by atoms with Gasteiger partial charge in [-0.25, -0.2) is 22.2 Å². The second-order valence-electron chi connectivity index (χ2n) is 8.24. The fourth-order valence-corrected chi connectivity index (χ4v) is 6.97. The number of carbonyl (C=O) groups excluding carboxylic acids is 1. The van der Waals surface area contributed by atoms with Crippen LogP contribution in [0.25, 0.3) is 10.2 Å². The van der Waals surface area contributed by atoms with Crippen LogP contribution >= 0.6 is 11.3 Å². The third-order valence-electron chi connectivity index (χ3n) is 5.98. The predicted molar refractivity (Wildman–Crippen MR) is 119 cm³/mol. The minimum absolute atomic E-state index is 0.103. The van der Waals surface area contributed by atoms with E-state index in [2.05, 4.69) is 4.98 Å². The largest absolute Gasteiger partial charge is 0.344 e. The number of nitrogens with zero attached hydrogens (tertiary/aromatic N) is 3. The number of benzene rings is 2. The average molecular weight is 478 g/mol. The Bertz CT molecular complexity index is 1320. The zero-order valence-electron chi connectivity index (χ0n) is 17.3. The summed E-state index contributed by atoms with van der Waals surface area (Å²) in [6.07, 6.45) is 1.26. The van der Waals surface area contributed by atoms with Crippen molar-refractivity contribution in [1.82, 2.24) is 9.88 Å². The smallest absolute Gasteiger partial charge is 0.255 e. The molecule has 1 aromatic heterocycles. The molecule has 5 rings (SSSR count). The summed E-state index contributed by atoms with van der Waals surface area (Å²) in [6.45, 7) is 3.16. The fourth-order valence-electron chi connectivity index (χ4n) is 4.10. The molecule has 1 amide bonds. The van der Waals surface area contributed by atoms with E-state index >= 15 is 0 Å². The van der Waals surface area contributed by atoms with Crippen LogP contribution in [0.5, 0.6) is 0 Å². The van der Waals surface area contributed by atoms with Crippen LogP contribution in [0, 0.1) is 11.6 Å². The number of thiazole rings is 1. The van der Waals surface area contributed by atoms with Crippen LogP contribution in [0.1, 0.15) is 30.1 Å². The summed E-state index contributed by atoms with van der Waals surface area (Å²) >= 11 is 1.09. The first-order valence-corrected chi connectivity index (χ1v) is 12.8. The van der Waals surface area contributed by atoms with Crippen molar-refractivity contribution >= 4 is 42.4 Å². The maximum absolute atomic E-state index is 14.1. The van der Waals surface area contributed by atoms with E-state index < -0.39 is 26.7 Å². The van der Waals surface area contributed by atoms with Gasteiger partial charge in [0, 0.05) is 25.7 Å². The number of rotatable bonds is 4. The van der Waals surface area contributed by atoms with E-state index in [4.69, 9.17) is 0 Å². The molecule has 6 nitrogen and oxygen atoms in total. The Labute approximate surface area is 188 Å². The number of hydrogen-bond acceptors (Lipinski definition) is 6. The number of anilines is 1. The van der Waals surface area contributed by atoms with Crippen molar-refractivity contribution < 1.29 is 22.0 Å². The Morgan fingerprint density at radius 2 is 1.88 bits per heavy atom. The second kappa shape index (κ2) is 7.77. The number of halogens is 2. The van der Waals surface area contributed by atoms with Gasteiger partial charge in [-0.15, -0.1) is 0 Å². The molecule has 1 aliphatic carbocycles. The van der Waals surface area contributed by atoms with E-state index in [0.717, 1.165) is 17.4 Å². The standard InChI is InChI=1S/C22H21F2N3O3S2/c1-13-12-26(22-25-17-9-8-16(23)19(24)20(17)31-22)10-11-27(13)21(28)15-4-2-3-5-18(15)32(29,30)14-6-7-14/h2-5,8-9,13-14H,6-7,10-12H2,1H3. The lowest BCUT2D eigenvalue weighted by molar-refractivity contribution is 0.0670. The highest BCUT2D eigenvalue weighted by Gasteiger charge is 2.40. The number of sulfone groups is 1. The van der Waals surface area contributed by atoms with Crippen LogP contribution in [0.15, 0.2) is 41.3 Å². The molecule has 1 atom stereocenters. The molecule has 32 heavy (non-hydrogen) atoms. The quantitative estimate of drug-likeness (QED) is 0.571. The number of aromatic nitrogens is 1. The van der Waals surface area contributed by atoms with Gasteiger partial charge in [0.2, 0.25) is 0 Å². The summed E-state index contributed by atoms with van der Waals surface area (Å²) in [5, 5.41) is 0.176. The summed E-state index contributed by atoms with van der Waals surface area (Å²) in [4.78, 5) is 21.5. The molecule has 10 heteroatoms. The van der Waals surface area contributed by atoms with Crippen molar-refractivity contribution in [2.24, 2.45) is 0 Å². The van der Waals surface area contributed by atoms with Gasteiger partial charge in [-0.3, -0.25) is 4.79 Å². The van der Waals surface area contributed by atoms with Crippen molar-refractivity contribution in [3.8, 4) is 0 Å². The van der Waals surface area contributed by atoms with Gasteiger partial charge in [-0.1, -0.05) is 23.5 Å². The lowest BCUT2D eigenvalue weighted by Gasteiger charge is -2.40. The highest BCUT2D eigenvalue weighted by molar-refractivity contribution is 7.92. The molecular formula is C22H21F2N3O3S2. The summed E-state index contributed by atoms with van der Waals surface area (Å²) in [5.41, 5.74) is 0.603. The summed E-state index contributed by atoms with van der Waals surface area (Å²) in [6, 6.07) is 8.69. The predicted octanol–water partition coefficient (Wildman–Crippen LogP) is 3.86. The van der Waals surface area contributed by atoms with Gasteiger partial charge >= 0.3 is 0 Å². The van der Waals surface area contributed by atoms with Gasteiger partial charge < -0.3 is 9.80 Å². The van der Waals surface area contributed by atoms with E-state index in [1.54, 1.807) is 23.1 Å². The second-order valence-corrected chi connectivity index (χ2v) is 11.4. The van der Waals surface area contributed by atoms with Crippen molar-refractivity contribution in [1.29, 1.82) is 0 Å². The van der Waals surface area contributed by atoms with Crippen molar-refractivity contribution in [2.45, 2.75) is 36.0 Å². The SMILES string of the molecule is CC1CN(c2nc3ccc(F)c(F)c3s2)CCN1C(=O)c1ccccc1S(=O)(=O)C1CC1. The monoisotopic (exact) mass is 477 g/mol. The normalized spacial score (nSPS) is 19.5. The average Bonchev–Trinajstić information content (AvgIpc) is 3.56. The molecule has 168 valence electrons. The third kappa shape index (κ3) is 3.55. The number of carbonyl (C=O) groups is 1. The highest BCUT2D eigenvalue weighted by atomic mass is 32.2. The molecule has 0 radical (unpaired) electrons. The Hall–Kier alpha value is -2.59. The van der Waals surface area contributed by atoms with Gasteiger partial charge in [0.25, 0.3) is 5.91 Å². The van der Waals surface area contributed by atoms with Crippen LogP contribution in [-0.4, -0.2) is 55.1 Å². The number of fused-ring (bicyclic) bond motifs is 1. The molecule has 0 N–H and O–H groups in total. The molecule has 2 aromatic carbocycles. The van der Waals surface area contributed by atoms with E-state index in [0.29, 0.717) is 43.1 Å². The van der Waals surface area contributed by atoms with Gasteiger partial charge in [0.05, 0.1) is 25.9 Å². The maximum Gasteiger partial charge on any atom is 0.255 e. The lowest BCUT2D eigenvalue weighted by atomic mass is 10.1. The van der Waals surface area contributed by atoms with E-state index in [1.165, 1.54) is 12.1 Å². The summed E-state index contributed by atoms with van der Waals surface area (Å²) in [5.74, 6) is -2.12. The van der Waals surface area contributed by atoms with E-state index in [9.17, 15) is 22.0 Å². The van der Waals surface area contributed by atoms with Crippen LogP contribution in [0.3, 0.4) is 0 Å². The Morgan fingerprint density at radius 3 is 2.59 bits per heavy atom. The first kappa shape index (κ1) is 21.3. The zero-order valence-corrected chi connectivity index (χ0v) is 18.9. The fraction of sp³-hybridized carbons (Fsp3) is 0.364. The van der Waals surface area contributed by atoms with Crippen LogP contribution in [-0.2, 0) is 9.84 Å². The summed E-state index contributed by atoms with van der Waals surface area (Å²) in [7, 11) is -3.51. The molecule has 1 saturated carbocycles. The minimum Gasteiger partial charge on any atom is -0.344 e. The minimum atomic E-state index is -3.51. The number of hydrogen-bond donors (Lipinski definition) is 0. The Balaban J connectivity index is 1.38. The topological polar surface area (TPSA) is 70.6 Å².